The number of carbonyl (C=O) groups excluding carboxylic acids is 1. The van der Waals surface area contributed by atoms with Crippen molar-refractivity contribution >= 4 is 12.0 Å². The molecular weight excluding hydrogens is 166 g/mol. The zero-order valence-electron chi connectivity index (χ0n) is 5.97. The molecule has 0 aliphatic rings. The molecule has 64 valence electrons. The van der Waals surface area contributed by atoms with E-state index in [9.17, 15) is 13.6 Å². The second-order valence-electron chi connectivity index (χ2n) is 2.12. The number of rotatable bonds is 2. The van der Waals surface area contributed by atoms with Gasteiger partial charge in [0.25, 0.3) is 0 Å². The van der Waals surface area contributed by atoms with E-state index in [4.69, 9.17) is 5.84 Å². The monoisotopic (exact) mass is 172 g/mol. The Morgan fingerprint density at radius 1 is 1.33 bits per heavy atom. The molecule has 0 radical (unpaired) electrons. The van der Waals surface area contributed by atoms with Crippen LogP contribution < -0.4 is 11.3 Å². The van der Waals surface area contributed by atoms with E-state index in [-0.39, 0.29) is 12.0 Å². The number of benzene rings is 1. The lowest BCUT2D eigenvalue weighted by Crippen LogP contribution is -2.08. The van der Waals surface area contributed by atoms with Crippen LogP contribution in [0.2, 0.25) is 0 Å². The maximum atomic E-state index is 12.7. The van der Waals surface area contributed by atoms with Gasteiger partial charge in [0.15, 0.2) is 6.29 Å². The van der Waals surface area contributed by atoms with E-state index < -0.39 is 17.2 Å². The smallest absolute Gasteiger partial charge is 0.155 e. The van der Waals surface area contributed by atoms with Crippen LogP contribution in [0.4, 0.5) is 14.5 Å². The molecule has 5 heteroatoms. The third-order valence-electron chi connectivity index (χ3n) is 1.36. The summed E-state index contributed by atoms with van der Waals surface area (Å²) in [7, 11) is 0. The van der Waals surface area contributed by atoms with Crippen LogP contribution in [0.15, 0.2) is 12.1 Å². The number of anilines is 1. The van der Waals surface area contributed by atoms with Crippen molar-refractivity contribution in [3.05, 3.63) is 29.3 Å². The zero-order chi connectivity index (χ0) is 9.14. The summed E-state index contributed by atoms with van der Waals surface area (Å²) in [5.41, 5.74) is 1.55. The number of hydrazine groups is 1. The molecular formula is C7H6F2N2O. The summed E-state index contributed by atoms with van der Waals surface area (Å²) in [6.07, 6.45) is 0.116. The zero-order valence-corrected chi connectivity index (χ0v) is 5.97. The number of halogens is 2. The molecule has 3 nitrogen and oxygen atoms in total. The van der Waals surface area contributed by atoms with Gasteiger partial charge in [0, 0.05) is 0 Å². The molecule has 1 rings (SSSR count). The third-order valence-corrected chi connectivity index (χ3v) is 1.36. The Balaban J connectivity index is 3.27. The van der Waals surface area contributed by atoms with Crippen molar-refractivity contribution in [1.29, 1.82) is 0 Å². The molecule has 0 aromatic heterocycles. The lowest BCUT2D eigenvalue weighted by Gasteiger charge is -2.01. The second kappa shape index (κ2) is 3.27. The molecule has 0 saturated carbocycles. The summed E-state index contributed by atoms with van der Waals surface area (Å²) < 4.78 is 25.5. The van der Waals surface area contributed by atoms with Crippen LogP contribution in [0, 0.1) is 11.6 Å². The number of hydrogen-bond donors (Lipinski definition) is 2. The summed E-state index contributed by atoms with van der Waals surface area (Å²) in [6, 6.07) is 1.87. The van der Waals surface area contributed by atoms with E-state index in [2.05, 4.69) is 5.43 Å². The predicted molar refractivity (Wildman–Crippen MR) is 39.6 cm³/mol. The van der Waals surface area contributed by atoms with E-state index in [0.717, 1.165) is 12.1 Å². The van der Waals surface area contributed by atoms with Crippen LogP contribution in [0.5, 0.6) is 0 Å². The Morgan fingerprint density at radius 2 is 1.83 bits per heavy atom. The molecule has 0 aliphatic heterocycles. The fraction of sp³-hybridized carbons (Fsp3) is 0. The Labute approximate surface area is 67.1 Å². The molecule has 1 aromatic carbocycles. The van der Waals surface area contributed by atoms with Crippen LogP contribution >= 0.6 is 0 Å². The largest absolute Gasteiger partial charge is 0.324 e. The van der Waals surface area contributed by atoms with E-state index in [1.165, 1.54) is 0 Å². The molecule has 3 N–H and O–H groups in total. The van der Waals surface area contributed by atoms with Crippen molar-refractivity contribution in [2.45, 2.75) is 0 Å². The van der Waals surface area contributed by atoms with Gasteiger partial charge in [-0.05, 0) is 12.1 Å². The third kappa shape index (κ3) is 1.40. The number of nitrogen functional groups attached to an aromatic ring is 1. The van der Waals surface area contributed by atoms with Gasteiger partial charge in [0.05, 0.1) is 11.3 Å². The minimum atomic E-state index is -0.932. The van der Waals surface area contributed by atoms with Crippen molar-refractivity contribution in [3.8, 4) is 0 Å². The standard InChI is InChI=1S/C7H6F2N2O/c8-6-1-4(11-10)2-7(9)5(6)3-12/h1-3,11H,10H2. The van der Waals surface area contributed by atoms with Gasteiger partial charge < -0.3 is 5.43 Å². The van der Waals surface area contributed by atoms with Crippen LogP contribution in [0.25, 0.3) is 0 Å². The Kier molecular flexibility index (Phi) is 2.35. The normalized spacial score (nSPS) is 9.58. The first-order valence-corrected chi connectivity index (χ1v) is 3.10. The first kappa shape index (κ1) is 8.61. The number of hydrogen-bond acceptors (Lipinski definition) is 3. The fourth-order valence-corrected chi connectivity index (χ4v) is 0.780. The van der Waals surface area contributed by atoms with Crippen molar-refractivity contribution in [3.63, 3.8) is 0 Å². The predicted octanol–water partition coefficient (Wildman–Crippen LogP) is 1.06. The maximum Gasteiger partial charge on any atom is 0.155 e. The summed E-state index contributed by atoms with van der Waals surface area (Å²) in [4.78, 5) is 10.1. The van der Waals surface area contributed by atoms with Crippen LogP contribution in [-0.2, 0) is 0 Å². The lowest BCUT2D eigenvalue weighted by atomic mass is 10.2. The van der Waals surface area contributed by atoms with Gasteiger partial charge >= 0.3 is 0 Å². The fourth-order valence-electron chi connectivity index (χ4n) is 0.780. The van der Waals surface area contributed by atoms with E-state index in [1.54, 1.807) is 0 Å². The van der Waals surface area contributed by atoms with Crippen molar-refractivity contribution in [1.82, 2.24) is 0 Å². The van der Waals surface area contributed by atoms with Crippen molar-refractivity contribution in [2.75, 3.05) is 5.43 Å². The molecule has 0 saturated heterocycles. The van der Waals surface area contributed by atoms with Crippen LogP contribution in [0.1, 0.15) is 10.4 Å². The van der Waals surface area contributed by atoms with Crippen LogP contribution in [-0.4, -0.2) is 6.29 Å². The number of carbonyl (C=O) groups is 1. The molecule has 0 unspecified atom stereocenters. The highest BCUT2D eigenvalue weighted by atomic mass is 19.1. The molecule has 1 aromatic rings. The van der Waals surface area contributed by atoms with Gasteiger partial charge in [-0.2, -0.15) is 0 Å². The summed E-state index contributed by atoms with van der Waals surface area (Å²) in [5, 5.41) is 0. The highest BCUT2D eigenvalue weighted by Gasteiger charge is 2.08. The first-order chi connectivity index (χ1) is 5.69. The minimum absolute atomic E-state index is 0.0793. The second-order valence-corrected chi connectivity index (χ2v) is 2.12. The minimum Gasteiger partial charge on any atom is -0.324 e. The average molecular weight is 172 g/mol. The Morgan fingerprint density at radius 3 is 2.17 bits per heavy atom. The van der Waals surface area contributed by atoms with Gasteiger partial charge in [0.2, 0.25) is 0 Å². The van der Waals surface area contributed by atoms with Gasteiger partial charge in [-0.15, -0.1) is 0 Å². The molecule has 0 aliphatic carbocycles. The Bertz CT molecular complexity index is 291. The summed E-state index contributed by atoms with van der Waals surface area (Å²) >= 11 is 0. The average Bonchev–Trinajstić information content (AvgIpc) is 2.03. The highest BCUT2D eigenvalue weighted by Crippen LogP contribution is 2.16. The quantitative estimate of drug-likeness (QED) is 0.398. The number of nitrogens with one attached hydrogen (secondary N) is 1. The molecule has 0 amide bonds. The van der Waals surface area contributed by atoms with Gasteiger partial charge in [0.1, 0.15) is 11.6 Å². The molecule has 0 bridgehead atoms. The number of aldehydes is 1. The summed E-state index contributed by atoms with van der Waals surface area (Å²) in [6.45, 7) is 0. The van der Waals surface area contributed by atoms with Crippen molar-refractivity contribution in [2.24, 2.45) is 5.84 Å². The van der Waals surface area contributed by atoms with E-state index in [0.29, 0.717) is 0 Å². The number of nitrogens with two attached hydrogens (primary N) is 1. The SMILES string of the molecule is NNc1cc(F)c(C=O)c(F)c1. The highest BCUT2D eigenvalue weighted by molar-refractivity contribution is 5.76. The molecule has 0 fully saturated rings. The summed E-state index contributed by atoms with van der Waals surface area (Å²) in [5.74, 6) is 3.04. The van der Waals surface area contributed by atoms with E-state index >= 15 is 0 Å². The molecule has 0 atom stereocenters. The van der Waals surface area contributed by atoms with Crippen LogP contribution in [0.3, 0.4) is 0 Å². The van der Waals surface area contributed by atoms with Gasteiger partial charge in [-0.3, -0.25) is 10.6 Å². The van der Waals surface area contributed by atoms with Gasteiger partial charge in [-0.25, -0.2) is 8.78 Å². The maximum absolute atomic E-state index is 12.7. The molecule has 0 heterocycles. The van der Waals surface area contributed by atoms with Gasteiger partial charge in [-0.1, -0.05) is 0 Å². The molecule has 0 spiro atoms. The van der Waals surface area contributed by atoms with E-state index in [1.807, 2.05) is 0 Å². The lowest BCUT2D eigenvalue weighted by molar-refractivity contribution is 0.111. The topological polar surface area (TPSA) is 55.1 Å². The first-order valence-electron chi connectivity index (χ1n) is 3.10. The molecule has 12 heavy (non-hydrogen) atoms. The van der Waals surface area contributed by atoms with Crippen molar-refractivity contribution < 1.29 is 13.6 Å². The Hall–Kier alpha value is -1.49.